The third-order valence-corrected chi connectivity index (χ3v) is 3.67. The number of benzene rings is 1. The zero-order valence-electron chi connectivity index (χ0n) is 9.22. The second-order valence-corrected chi connectivity index (χ2v) is 5.21. The Morgan fingerprint density at radius 1 is 1.44 bits per heavy atom. The van der Waals surface area contributed by atoms with Gasteiger partial charge >= 0.3 is 0 Å². The van der Waals surface area contributed by atoms with E-state index in [0.717, 1.165) is 6.07 Å². The summed E-state index contributed by atoms with van der Waals surface area (Å²) in [6, 6.07) is 3.72. The van der Waals surface area contributed by atoms with Crippen molar-refractivity contribution in [2.24, 2.45) is 5.73 Å². The Balaban J connectivity index is 2.40. The molecule has 0 saturated heterocycles. The van der Waals surface area contributed by atoms with Crippen molar-refractivity contribution < 1.29 is 12.8 Å². The van der Waals surface area contributed by atoms with Crippen molar-refractivity contribution in [1.29, 1.82) is 0 Å². The van der Waals surface area contributed by atoms with Crippen LogP contribution in [0, 0.1) is 5.82 Å². The number of halogens is 1. The Kier molecular flexibility index (Phi) is 3.30. The van der Waals surface area contributed by atoms with Gasteiger partial charge in [-0.15, -0.1) is 0 Å². The summed E-state index contributed by atoms with van der Waals surface area (Å²) < 4.78 is 39.7. The van der Waals surface area contributed by atoms with Crippen LogP contribution in [0.5, 0.6) is 0 Å². The molecule has 4 N–H and O–H groups in total. The second-order valence-electron chi connectivity index (χ2n) is 3.56. The molecular formula is C10H11FN4O2S. The van der Waals surface area contributed by atoms with E-state index in [4.69, 9.17) is 5.73 Å². The zero-order chi connectivity index (χ0) is 13.2. The predicted octanol–water partition coefficient (Wildman–Crippen LogP) is 0.808. The molecule has 0 spiro atoms. The number of anilines is 1. The van der Waals surface area contributed by atoms with Crippen molar-refractivity contribution in [3.8, 4) is 0 Å². The number of hydrogen-bond donors (Lipinski definition) is 3. The fourth-order valence-electron chi connectivity index (χ4n) is 1.40. The summed E-state index contributed by atoms with van der Waals surface area (Å²) in [6.07, 6.45) is 2.63. The van der Waals surface area contributed by atoms with Gasteiger partial charge in [0.15, 0.2) is 0 Å². The van der Waals surface area contributed by atoms with Gasteiger partial charge < -0.3 is 5.73 Å². The fraction of sp³-hybridized carbons (Fsp3) is 0.100. The quantitative estimate of drug-likeness (QED) is 0.765. The SMILES string of the molecule is NCc1ccc(F)c(S(=O)(=O)Nc2cn[nH]c2)c1. The number of rotatable bonds is 4. The van der Waals surface area contributed by atoms with E-state index in [2.05, 4.69) is 14.9 Å². The number of nitrogens with zero attached hydrogens (tertiary/aromatic N) is 1. The van der Waals surface area contributed by atoms with Crippen molar-refractivity contribution >= 4 is 15.7 Å². The summed E-state index contributed by atoms with van der Waals surface area (Å²) in [7, 11) is -3.99. The van der Waals surface area contributed by atoms with Crippen LogP contribution in [0.3, 0.4) is 0 Å². The Morgan fingerprint density at radius 2 is 2.22 bits per heavy atom. The lowest BCUT2D eigenvalue weighted by Crippen LogP contribution is -2.15. The zero-order valence-corrected chi connectivity index (χ0v) is 10.0. The molecule has 0 aliphatic heterocycles. The van der Waals surface area contributed by atoms with Crippen LogP contribution in [0.15, 0.2) is 35.5 Å². The lowest BCUT2D eigenvalue weighted by Gasteiger charge is -2.08. The van der Waals surface area contributed by atoms with Crippen LogP contribution in [0.4, 0.5) is 10.1 Å². The minimum absolute atomic E-state index is 0.133. The maximum absolute atomic E-state index is 13.5. The molecule has 0 aliphatic rings. The number of aromatic nitrogens is 2. The first-order chi connectivity index (χ1) is 8.53. The van der Waals surface area contributed by atoms with Crippen molar-refractivity contribution in [3.63, 3.8) is 0 Å². The smallest absolute Gasteiger partial charge is 0.264 e. The van der Waals surface area contributed by atoms with Gasteiger partial charge in [0.1, 0.15) is 10.7 Å². The Labute approximate surface area is 103 Å². The maximum Gasteiger partial charge on any atom is 0.264 e. The third kappa shape index (κ3) is 2.49. The van der Waals surface area contributed by atoms with Crippen molar-refractivity contribution in [2.45, 2.75) is 11.4 Å². The average molecular weight is 270 g/mol. The van der Waals surface area contributed by atoms with Crippen molar-refractivity contribution in [1.82, 2.24) is 10.2 Å². The molecule has 1 aromatic carbocycles. The van der Waals surface area contributed by atoms with Crippen LogP contribution >= 0.6 is 0 Å². The van der Waals surface area contributed by atoms with Crippen LogP contribution in [-0.4, -0.2) is 18.6 Å². The van der Waals surface area contributed by atoms with E-state index in [1.807, 2.05) is 0 Å². The van der Waals surface area contributed by atoms with Crippen LogP contribution in [0.2, 0.25) is 0 Å². The van der Waals surface area contributed by atoms with E-state index in [1.165, 1.54) is 24.5 Å². The summed E-state index contributed by atoms with van der Waals surface area (Å²) >= 11 is 0. The van der Waals surface area contributed by atoms with Gasteiger partial charge in [-0.05, 0) is 17.7 Å². The molecule has 0 fully saturated rings. The lowest BCUT2D eigenvalue weighted by molar-refractivity contribution is 0.569. The summed E-state index contributed by atoms with van der Waals surface area (Å²) in [4.78, 5) is -0.438. The van der Waals surface area contributed by atoms with Gasteiger partial charge in [-0.2, -0.15) is 5.10 Å². The number of nitrogens with one attached hydrogen (secondary N) is 2. The third-order valence-electron chi connectivity index (χ3n) is 2.27. The minimum atomic E-state index is -3.99. The first kappa shape index (κ1) is 12.5. The van der Waals surface area contributed by atoms with Gasteiger partial charge in [0, 0.05) is 12.7 Å². The van der Waals surface area contributed by atoms with Crippen LogP contribution < -0.4 is 10.5 Å². The van der Waals surface area contributed by atoms with Crippen LogP contribution in [-0.2, 0) is 16.6 Å². The van der Waals surface area contributed by atoms with Gasteiger partial charge in [0.25, 0.3) is 10.0 Å². The first-order valence-electron chi connectivity index (χ1n) is 5.03. The average Bonchev–Trinajstić information content (AvgIpc) is 2.81. The highest BCUT2D eigenvalue weighted by Gasteiger charge is 2.19. The number of sulfonamides is 1. The summed E-state index contributed by atoms with van der Waals surface area (Å²) in [5, 5.41) is 6.04. The summed E-state index contributed by atoms with van der Waals surface area (Å²) in [6.45, 7) is 0.133. The molecule has 2 aromatic rings. The molecular weight excluding hydrogens is 259 g/mol. The van der Waals surface area contributed by atoms with Crippen LogP contribution in [0.25, 0.3) is 0 Å². The second kappa shape index (κ2) is 4.75. The van der Waals surface area contributed by atoms with E-state index in [-0.39, 0.29) is 12.2 Å². The molecule has 8 heteroatoms. The molecule has 0 unspecified atom stereocenters. The summed E-state index contributed by atoms with van der Waals surface area (Å²) in [5.74, 6) is -0.830. The number of aromatic amines is 1. The largest absolute Gasteiger partial charge is 0.326 e. The lowest BCUT2D eigenvalue weighted by atomic mass is 10.2. The Bertz CT molecular complexity index is 640. The molecule has 0 amide bonds. The fourth-order valence-corrected chi connectivity index (χ4v) is 2.56. The van der Waals surface area contributed by atoms with Gasteiger partial charge in [-0.1, -0.05) is 6.07 Å². The molecule has 1 aromatic heterocycles. The topological polar surface area (TPSA) is 101 Å². The van der Waals surface area contributed by atoms with Crippen molar-refractivity contribution in [3.05, 3.63) is 42.0 Å². The standard InChI is InChI=1S/C10H11FN4O2S/c11-9-2-1-7(4-12)3-10(9)18(16,17)15-8-5-13-14-6-8/h1-3,5-6,15H,4,12H2,(H,13,14). The monoisotopic (exact) mass is 270 g/mol. The normalized spacial score (nSPS) is 11.4. The molecule has 96 valence electrons. The van der Waals surface area contributed by atoms with E-state index in [9.17, 15) is 12.8 Å². The molecule has 0 atom stereocenters. The molecule has 2 rings (SSSR count). The first-order valence-corrected chi connectivity index (χ1v) is 6.51. The number of H-pyrrole nitrogens is 1. The molecule has 0 aliphatic carbocycles. The predicted molar refractivity (Wildman–Crippen MR) is 63.7 cm³/mol. The van der Waals surface area contributed by atoms with Crippen LogP contribution in [0.1, 0.15) is 5.56 Å². The van der Waals surface area contributed by atoms with E-state index < -0.39 is 20.7 Å². The van der Waals surface area contributed by atoms with Gasteiger partial charge in [-0.25, -0.2) is 12.8 Å². The van der Waals surface area contributed by atoms with E-state index in [0.29, 0.717) is 5.56 Å². The molecule has 0 saturated carbocycles. The maximum atomic E-state index is 13.5. The Morgan fingerprint density at radius 3 is 2.83 bits per heavy atom. The summed E-state index contributed by atoms with van der Waals surface area (Å²) in [5.41, 5.74) is 6.16. The highest BCUT2D eigenvalue weighted by Crippen LogP contribution is 2.19. The van der Waals surface area contributed by atoms with Gasteiger partial charge in [-0.3, -0.25) is 9.82 Å². The minimum Gasteiger partial charge on any atom is -0.326 e. The van der Waals surface area contributed by atoms with Gasteiger partial charge in [0.2, 0.25) is 0 Å². The molecule has 0 bridgehead atoms. The molecule has 18 heavy (non-hydrogen) atoms. The molecule has 6 nitrogen and oxygen atoms in total. The highest BCUT2D eigenvalue weighted by atomic mass is 32.2. The van der Waals surface area contributed by atoms with E-state index >= 15 is 0 Å². The van der Waals surface area contributed by atoms with E-state index in [1.54, 1.807) is 0 Å². The molecule has 1 heterocycles. The highest BCUT2D eigenvalue weighted by molar-refractivity contribution is 7.92. The Hall–Kier alpha value is -1.93. The number of hydrogen-bond acceptors (Lipinski definition) is 4. The number of nitrogens with two attached hydrogens (primary N) is 1. The molecule has 0 radical (unpaired) electrons. The van der Waals surface area contributed by atoms with Gasteiger partial charge in [0.05, 0.1) is 11.9 Å². The van der Waals surface area contributed by atoms with Crippen molar-refractivity contribution in [2.75, 3.05) is 4.72 Å².